The Morgan fingerprint density at radius 3 is 2.56 bits per heavy atom. The smallest absolute Gasteiger partial charge is 0.356 e. The molecule has 0 radical (unpaired) electrons. The Morgan fingerprint density at radius 2 is 1.89 bits per heavy atom. The summed E-state index contributed by atoms with van der Waals surface area (Å²) in [6.45, 7) is 2.82. The van der Waals surface area contributed by atoms with E-state index in [-0.39, 0.29) is 24.6 Å². The zero-order valence-electron chi connectivity index (χ0n) is 14.6. The van der Waals surface area contributed by atoms with Crippen molar-refractivity contribution in [2.24, 2.45) is 0 Å². The molecular weight excluding hydrogens is 370 g/mol. The first-order valence-electron chi connectivity index (χ1n) is 8.26. The summed E-state index contributed by atoms with van der Waals surface area (Å²) in [6, 6.07) is 9.45. The maximum absolute atomic E-state index is 12.1. The van der Waals surface area contributed by atoms with E-state index in [1.54, 1.807) is 10.9 Å². The molecule has 8 nitrogen and oxygen atoms in total. The van der Waals surface area contributed by atoms with Crippen molar-refractivity contribution >= 4 is 29.3 Å². The van der Waals surface area contributed by atoms with E-state index in [1.165, 1.54) is 22.5 Å². The van der Waals surface area contributed by atoms with Crippen LogP contribution >= 0.6 is 11.6 Å². The number of nitrogens with one attached hydrogen (secondary N) is 1. The van der Waals surface area contributed by atoms with Crippen molar-refractivity contribution < 1.29 is 14.7 Å². The first-order chi connectivity index (χ1) is 12.9. The fraction of sp³-hybridized carbons (Fsp3) is 0.222. The minimum Gasteiger partial charge on any atom is -0.476 e. The zero-order valence-corrected chi connectivity index (χ0v) is 15.3. The minimum absolute atomic E-state index is 0.0618. The summed E-state index contributed by atoms with van der Waals surface area (Å²) in [4.78, 5) is 22.9. The molecule has 0 bridgehead atoms. The number of carbonyl (C=O) groups excluding carboxylic acids is 1. The molecule has 3 aromatic rings. The molecule has 1 aromatic carbocycles. The molecule has 0 aliphatic rings. The second-order valence-corrected chi connectivity index (χ2v) is 6.48. The lowest BCUT2D eigenvalue weighted by molar-refractivity contribution is -0.116. The lowest BCUT2D eigenvalue weighted by Crippen LogP contribution is -2.16. The molecule has 0 fully saturated rings. The fourth-order valence-electron chi connectivity index (χ4n) is 2.45. The van der Waals surface area contributed by atoms with Crippen LogP contribution in [-0.2, 0) is 17.9 Å². The van der Waals surface area contributed by atoms with Crippen LogP contribution in [0.2, 0.25) is 5.02 Å². The molecule has 0 saturated carbocycles. The van der Waals surface area contributed by atoms with Crippen LogP contribution < -0.4 is 5.32 Å². The van der Waals surface area contributed by atoms with Crippen molar-refractivity contribution in [2.75, 3.05) is 5.32 Å². The standard InChI is InChI=1S/C18H18ClN5O3/c1-12-2-4-13(5-3-12)10-24-11-14(19)17(22-24)20-16(25)7-9-23-8-6-15(21-23)18(26)27/h2-6,8,11H,7,9-10H2,1H3,(H,26,27)(H,20,22,25). The molecule has 2 N–H and O–H groups in total. The topological polar surface area (TPSA) is 102 Å². The molecule has 0 atom stereocenters. The number of aryl methyl sites for hydroxylation is 2. The molecule has 2 heterocycles. The van der Waals surface area contributed by atoms with Gasteiger partial charge in [-0.3, -0.25) is 14.2 Å². The largest absolute Gasteiger partial charge is 0.476 e. The summed E-state index contributed by atoms with van der Waals surface area (Å²) in [5, 5.41) is 20.0. The Labute approximate surface area is 160 Å². The van der Waals surface area contributed by atoms with E-state index in [1.807, 2.05) is 31.2 Å². The average Bonchev–Trinajstić information content (AvgIpc) is 3.22. The van der Waals surface area contributed by atoms with Crippen molar-refractivity contribution in [3.63, 3.8) is 0 Å². The fourth-order valence-corrected chi connectivity index (χ4v) is 2.65. The Bertz CT molecular complexity index is 962. The number of carboxylic acid groups (broad SMARTS) is 1. The van der Waals surface area contributed by atoms with E-state index in [9.17, 15) is 9.59 Å². The van der Waals surface area contributed by atoms with E-state index in [0.29, 0.717) is 17.4 Å². The third kappa shape index (κ3) is 4.95. The molecule has 0 spiro atoms. The van der Waals surface area contributed by atoms with Crippen molar-refractivity contribution in [3.8, 4) is 0 Å². The normalized spacial score (nSPS) is 10.7. The van der Waals surface area contributed by atoms with Gasteiger partial charge in [-0.2, -0.15) is 10.2 Å². The number of halogens is 1. The molecule has 0 aliphatic carbocycles. The second kappa shape index (κ2) is 8.05. The Balaban J connectivity index is 1.56. The molecule has 9 heteroatoms. The quantitative estimate of drug-likeness (QED) is 0.649. The van der Waals surface area contributed by atoms with Crippen LogP contribution in [0.25, 0.3) is 0 Å². The zero-order chi connectivity index (χ0) is 19.4. The Hall–Kier alpha value is -3.13. The van der Waals surface area contributed by atoms with Gasteiger partial charge in [-0.15, -0.1) is 0 Å². The lowest BCUT2D eigenvalue weighted by Gasteiger charge is -2.04. The van der Waals surface area contributed by atoms with Gasteiger partial charge >= 0.3 is 5.97 Å². The number of hydrogen-bond donors (Lipinski definition) is 2. The third-order valence-corrected chi connectivity index (χ3v) is 4.14. The number of anilines is 1. The van der Waals surface area contributed by atoms with Crippen LogP contribution in [0.1, 0.15) is 28.0 Å². The SMILES string of the molecule is Cc1ccc(Cn2cc(Cl)c(NC(=O)CCn3ccc(C(=O)O)n3)n2)cc1. The summed E-state index contributed by atoms with van der Waals surface area (Å²) < 4.78 is 3.07. The third-order valence-electron chi connectivity index (χ3n) is 3.87. The van der Waals surface area contributed by atoms with Crippen LogP contribution in [0.4, 0.5) is 5.82 Å². The van der Waals surface area contributed by atoms with Crippen LogP contribution in [0.15, 0.2) is 42.7 Å². The summed E-state index contributed by atoms with van der Waals surface area (Å²) in [5.74, 6) is -1.10. The van der Waals surface area contributed by atoms with Crippen LogP contribution in [0.5, 0.6) is 0 Å². The molecule has 0 unspecified atom stereocenters. The molecule has 3 rings (SSSR count). The molecule has 140 valence electrons. The highest BCUT2D eigenvalue weighted by Gasteiger charge is 2.12. The number of aromatic carboxylic acids is 1. The van der Waals surface area contributed by atoms with Crippen molar-refractivity contribution in [1.82, 2.24) is 19.6 Å². The summed E-state index contributed by atoms with van der Waals surface area (Å²) in [6.07, 6.45) is 3.28. The van der Waals surface area contributed by atoms with Crippen LogP contribution in [0.3, 0.4) is 0 Å². The van der Waals surface area contributed by atoms with Gasteiger partial charge in [0.15, 0.2) is 11.5 Å². The molecular formula is C18H18ClN5O3. The summed E-state index contributed by atoms with van der Waals surface area (Å²) in [7, 11) is 0. The highest BCUT2D eigenvalue weighted by molar-refractivity contribution is 6.33. The number of nitrogens with zero attached hydrogens (tertiary/aromatic N) is 4. The Kier molecular flexibility index (Phi) is 5.56. The molecule has 0 saturated heterocycles. The number of hydrogen-bond acceptors (Lipinski definition) is 4. The minimum atomic E-state index is -1.11. The van der Waals surface area contributed by atoms with Crippen LogP contribution in [0, 0.1) is 6.92 Å². The van der Waals surface area contributed by atoms with E-state index in [0.717, 1.165) is 5.56 Å². The Morgan fingerprint density at radius 1 is 1.15 bits per heavy atom. The molecule has 2 aromatic heterocycles. The highest BCUT2D eigenvalue weighted by Crippen LogP contribution is 2.20. The van der Waals surface area contributed by atoms with Gasteiger partial charge in [-0.1, -0.05) is 41.4 Å². The number of carbonyl (C=O) groups is 2. The van der Waals surface area contributed by atoms with Crippen molar-refractivity contribution in [3.05, 3.63) is 64.6 Å². The number of benzene rings is 1. The van der Waals surface area contributed by atoms with Gasteiger partial charge in [0.05, 0.1) is 6.54 Å². The van der Waals surface area contributed by atoms with Gasteiger partial charge in [0.25, 0.3) is 0 Å². The number of aromatic nitrogens is 4. The summed E-state index contributed by atoms with van der Waals surface area (Å²) in [5.41, 5.74) is 2.19. The highest BCUT2D eigenvalue weighted by atomic mass is 35.5. The van der Waals surface area contributed by atoms with E-state index >= 15 is 0 Å². The first-order valence-corrected chi connectivity index (χ1v) is 8.63. The monoisotopic (exact) mass is 387 g/mol. The first kappa shape index (κ1) is 18.7. The van der Waals surface area contributed by atoms with Gasteiger partial charge in [0.2, 0.25) is 5.91 Å². The lowest BCUT2D eigenvalue weighted by atomic mass is 10.1. The van der Waals surface area contributed by atoms with Crippen molar-refractivity contribution in [2.45, 2.75) is 26.4 Å². The predicted octanol–water partition coefficient (Wildman–Crippen LogP) is 2.82. The maximum Gasteiger partial charge on any atom is 0.356 e. The van der Waals surface area contributed by atoms with E-state index in [4.69, 9.17) is 16.7 Å². The molecule has 1 amide bonds. The molecule has 27 heavy (non-hydrogen) atoms. The number of carboxylic acids is 1. The summed E-state index contributed by atoms with van der Waals surface area (Å²) >= 11 is 6.15. The van der Waals surface area contributed by atoms with Gasteiger partial charge in [-0.25, -0.2) is 4.79 Å². The van der Waals surface area contributed by atoms with Crippen LogP contribution in [-0.4, -0.2) is 36.5 Å². The molecule has 0 aliphatic heterocycles. The second-order valence-electron chi connectivity index (χ2n) is 6.08. The number of rotatable bonds is 7. The maximum atomic E-state index is 12.1. The average molecular weight is 388 g/mol. The number of amides is 1. The van der Waals surface area contributed by atoms with Crippen molar-refractivity contribution in [1.29, 1.82) is 0 Å². The van der Waals surface area contributed by atoms with Gasteiger partial charge in [0, 0.05) is 25.4 Å². The van der Waals surface area contributed by atoms with Gasteiger partial charge in [-0.05, 0) is 18.6 Å². The van der Waals surface area contributed by atoms with E-state index in [2.05, 4.69) is 15.5 Å². The van der Waals surface area contributed by atoms with Gasteiger partial charge in [0.1, 0.15) is 5.02 Å². The van der Waals surface area contributed by atoms with E-state index < -0.39 is 5.97 Å². The van der Waals surface area contributed by atoms with Gasteiger partial charge < -0.3 is 10.4 Å². The predicted molar refractivity (Wildman–Crippen MR) is 100.0 cm³/mol.